The molecule has 0 saturated carbocycles. The summed E-state index contributed by atoms with van der Waals surface area (Å²) >= 11 is 0. The molecule has 1 amide bonds. The number of H-pyrrole nitrogens is 1. The zero-order chi connectivity index (χ0) is 16.8. The maximum atomic E-state index is 12.4. The van der Waals surface area contributed by atoms with Crippen molar-refractivity contribution < 1.29 is 14.3 Å². The molecule has 0 spiro atoms. The fourth-order valence-corrected chi connectivity index (χ4v) is 2.46. The second-order valence-electron chi connectivity index (χ2n) is 6.01. The van der Waals surface area contributed by atoms with Gasteiger partial charge in [0.1, 0.15) is 0 Å². The van der Waals surface area contributed by atoms with E-state index in [0.29, 0.717) is 31.1 Å². The number of carbonyl (C=O) groups excluding carboxylic acids is 1. The topological polar surface area (TPSA) is 80.4 Å². The van der Waals surface area contributed by atoms with Crippen molar-refractivity contribution in [3.63, 3.8) is 0 Å². The van der Waals surface area contributed by atoms with E-state index in [1.807, 2.05) is 19.9 Å². The van der Waals surface area contributed by atoms with Gasteiger partial charge in [-0.25, -0.2) is 0 Å². The average Bonchev–Trinajstić information content (AvgIpc) is 2.47. The van der Waals surface area contributed by atoms with E-state index in [1.54, 1.807) is 13.0 Å². The van der Waals surface area contributed by atoms with Crippen LogP contribution in [-0.4, -0.2) is 42.9 Å². The fraction of sp³-hybridized carbons (Fsp3) is 0.529. The Bertz CT molecular complexity index is 632. The first-order chi connectivity index (χ1) is 11.0. The van der Waals surface area contributed by atoms with Crippen LogP contribution < -0.4 is 10.9 Å². The predicted molar refractivity (Wildman–Crippen MR) is 87.7 cm³/mol. The normalized spacial score (nSPS) is 20.8. The summed E-state index contributed by atoms with van der Waals surface area (Å²) < 4.78 is 11.3. The van der Waals surface area contributed by atoms with E-state index >= 15 is 0 Å². The van der Waals surface area contributed by atoms with Crippen LogP contribution in [0.25, 0.3) is 0 Å². The summed E-state index contributed by atoms with van der Waals surface area (Å²) in [5, 5.41) is 2.92. The van der Waals surface area contributed by atoms with Crippen LogP contribution in [-0.2, 0) is 9.47 Å². The minimum absolute atomic E-state index is 0.0913. The molecule has 23 heavy (non-hydrogen) atoms. The van der Waals surface area contributed by atoms with Gasteiger partial charge in [0, 0.05) is 23.9 Å². The lowest BCUT2D eigenvalue weighted by atomic mass is 10.1. The molecule has 1 fully saturated rings. The molecule has 0 radical (unpaired) electrons. The van der Waals surface area contributed by atoms with Gasteiger partial charge in [0.2, 0.25) is 5.56 Å². The lowest BCUT2D eigenvalue weighted by Gasteiger charge is -2.31. The van der Waals surface area contributed by atoms with Gasteiger partial charge in [0.25, 0.3) is 5.91 Å². The Kier molecular flexibility index (Phi) is 6.12. The highest BCUT2D eigenvalue weighted by Gasteiger charge is 2.28. The second-order valence-corrected chi connectivity index (χ2v) is 6.01. The van der Waals surface area contributed by atoms with Gasteiger partial charge in [0.15, 0.2) is 0 Å². The molecule has 0 aliphatic carbocycles. The molecule has 2 N–H and O–H groups in total. The maximum Gasteiger partial charge on any atom is 0.251 e. The predicted octanol–water partition coefficient (Wildman–Crippen LogP) is 1.55. The smallest absolute Gasteiger partial charge is 0.251 e. The number of carbonyl (C=O) groups is 1. The van der Waals surface area contributed by atoms with Crippen LogP contribution in [0.15, 0.2) is 28.6 Å². The first-order valence-corrected chi connectivity index (χ1v) is 7.80. The van der Waals surface area contributed by atoms with Crippen molar-refractivity contribution in [2.75, 3.05) is 19.8 Å². The van der Waals surface area contributed by atoms with Crippen LogP contribution in [0.5, 0.6) is 0 Å². The Morgan fingerprint density at radius 1 is 1.48 bits per heavy atom. The van der Waals surface area contributed by atoms with Gasteiger partial charge in [-0.3, -0.25) is 9.59 Å². The van der Waals surface area contributed by atoms with Crippen molar-refractivity contribution in [2.24, 2.45) is 0 Å². The van der Waals surface area contributed by atoms with Crippen molar-refractivity contribution in [3.05, 3.63) is 45.4 Å². The van der Waals surface area contributed by atoms with E-state index in [-0.39, 0.29) is 23.6 Å². The van der Waals surface area contributed by atoms with Crippen molar-refractivity contribution >= 4 is 5.91 Å². The number of aryl methyl sites for hydroxylation is 1. The lowest BCUT2D eigenvalue weighted by molar-refractivity contribution is -0.0457. The van der Waals surface area contributed by atoms with E-state index in [4.69, 9.17) is 9.47 Å². The number of hydrogen-bond donors (Lipinski definition) is 2. The molecule has 1 aromatic rings. The third-order valence-corrected chi connectivity index (χ3v) is 3.65. The van der Waals surface area contributed by atoms with Gasteiger partial charge in [-0.2, -0.15) is 0 Å². The van der Waals surface area contributed by atoms with Crippen LogP contribution in [0.3, 0.4) is 0 Å². The van der Waals surface area contributed by atoms with Crippen molar-refractivity contribution in [3.8, 4) is 0 Å². The molecule has 2 heterocycles. The molecule has 1 aromatic heterocycles. The number of allylic oxidation sites excluding steroid dienone is 1. The number of rotatable bonds is 5. The molecule has 0 unspecified atom stereocenters. The van der Waals surface area contributed by atoms with Gasteiger partial charge in [-0.1, -0.05) is 11.6 Å². The molecule has 1 saturated heterocycles. The highest BCUT2D eigenvalue weighted by molar-refractivity contribution is 5.94. The van der Waals surface area contributed by atoms with E-state index in [9.17, 15) is 9.59 Å². The Balaban J connectivity index is 2.01. The minimum atomic E-state index is -0.287. The monoisotopic (exact) mass is 320 g/mol. The van der Waals surface area contributed by atoms with E-state index in [1.165, 1.54) is 11.6 Å². The second kappa shape index (κ2) is 8.08. The molecule has 126 valence electrons. The number of ether oxygens (including phenoxy) is 2. The average molecular weight is 320 g/mol. The molecule has 2 atom stereocenters. The summed E-state index contributed by atoms with van der Waals surface area (Å²) in [6.07, 6.45) is 2.65. The summed E-state index contributed by atoms with van der Waals surface area (Å²) in [6, 6.07) is 2.73. The van der Waals surface area contributed by atoms with E-state index < -0.39 is 0 Å². The third kappa shape index (κ3) is 5.33. The summed E-state index contributed by atoms with van der Waals surface area (Å²) in [5.74, 6) is -0.287. The standard InChI is InChI=1S/C17H24N2O4/c1-11(2)4-7-23-15-5-6-22-10-14(15)19-17(21)13-8-12(3)18-16(20)9-13/h4,8-9,14-15H,5-7,10H2,1-3H3,(H,18,20)(H,19,21)/t14-,15+/m0/s1. The number of nitrogens with one attached hydrogen (secondary N) is 2. The van der Waals surface area contributed by atoms with Gasteiger partial charge in [-0.05, 0) is 33.3 Å². The van der Waals surface area contributed by atoms with Gasteiger partial charge in [0.05, 0.1) is 25.4 Å². The van der Waals surface area contributed by atoms with Crippen LogP contribution >= 0.6 is 0 Å². The Morgan fingerprint density at radius 2 is 2.26 bits per heavy atom. The minimum Gasteiger partial charge on any atom is -0.379 e. The zero-order valence-corrected chi connectivity index (χ0v) is 13.8. The van der Waals surface area contributed by atoms with Crippen LogP contribution in [0.1, 0.15) is 36.3 Å². The van der Waals surface area contributed by atoms with Gasteiger partial charge >= 0.3 is 0 Å². The summed E-state index contributed by atoms with van der Waals surface area (Å²) in [4.78, 5) is 26.5. The number of amides is 1. The molecule has 6 nitrogen and oxygen atoms in total. The molecule has 0 aromatic carbocycles. The molecule has 1 aliphatic heterocycles. The number of aromatic nitrogens is 1. The SMILES string of the molecule is CC(C)=CCO[C@@H]1CCOC[C@@H]1NC(=O)c1cc(C)[nH]c(=O)c1. The highest BCUT2D eigenvalue weighted by atomic mass is 16.5. The quantitative estimate of drug-likeness (QED) is 0.807. The van der Waals surface area contributed by atoms with E-state index in [0.717, 1.165) is 6.42 Å². The molecule has 6 heteroatoms. The van der Waals surface area contributed by atoms with Gasteiger partial charge < -0.3 is 19.8 Å². The van der Waals surface area contributed by atoms with Crippen molar-refractivity contribution in [1.29, 1.82) is 0 Å². The first kappa shape index (κ1) is 17.4. The van der Waals surface area contributed by atoms with Crippen LogP contribution in [0, 0.1) is 6.92 Å². The Labute approximate surface area is 135 Å². The number of aromatic amines is 1. The summed E-state index contributed by atoms with van der Waals surface area (Å²) in [6.45, 7) is 7.32. The summed E-state index contributed by atoms with van der Waals surface area (Å²) in [5.41, 5.74) is 1.90. The molecule has 2 rings (SSSR count). The fourth-order valence-electron chi connectivity index (χ4n) is 2.46. The van der Waals surface area contributed by atoms with E-state index in [2.05, 4.69) is 10.3 Å². The molecular weight excluding hydrogens is 296 g/mol. The lowest BCUT2D eigenvalue weighted by Crippen LogP contribution is -2.50. The van der Waals surface area contributed by atoms with Crippen molar-refractivity contribution in [2.45, 2.75) is 39.3 Å². The van der Waals surface area contributed by atoms with Crippen LogP contribution in [0.2, 0.25) is 0 Å². The number of hydrogen-bond acceptors (Lipinski definition) is 4. The zero-order valence-electron chi connectivity index (χ0n) is 13.8. The first-order valence-electron chi connectivity index (χ1n) is 7.80. The highest BCUT2D eigenvalue weighted by Crippen LogP contribution is 2.13. The third-order valence-electron chi connectivity index (χ3n) is 3.65. The molecule has 1 aliphatic rings. The number of pyridine rings is 1. The molecule has 0 bridgehead atoms. The largest absolute Gasteiger partial charge is 0.379 e. The summed E-state index contributed by atoms with van der Waals surface area (Å²) in [7, 11) is 0. The Morgan fingerprint density at radius 3 is 2.96 bits per heavy atom. The van der Waals surface area contributed by atoms with Crippen molar-refractivity contribution in [1.82, 2.24) is 10.3 Å². The van der Waals surface area contributed by atoms with Gasteiger partial charge in [-0.15, -0.1) is 0 Å². The van der Waals surface area contributed by atoms with Crippen LogP contribution in [0.4, 0.5) is 0 Å². The maximum absolute atomic E-state index is 12.4. The Hall–Kier alpha value is -1.92. The molecular formula is C17H24N2O4.